The molecule has 1 aliphatic carbocycles. The van der Waals surface area contributed by atoms with Crippen LogP contribution in [0, 0.1) is 17.8 Å². The van der Waals surface area contributed by atoms with E-state index in [1.54, 1.807) is 24.3 Å². The molecule has 0 spiro atoms. The van der Waals surface area contributed by atoms with E-state index in [0.29, 0.717) is 11.4 Å². The van der Waals surface area contributed by atoms with Crippen LogP contribution in [-0.4, -0.2) is 21.9 Å². The van der Waals surface area contributed by atoms with Gasteiger partial charge in [-0.05, 0) is 37.1 Å². The van der Waals surface area contributed by atoms with Gasteiger partial charge in [-0.3, -0.25) is 4.79 Å². The Hall–Kier alpha value is -3.85. The zero-order valence-corrected chi connectivity index (χ0v) is 15.0. The smallest absolute Gasteiger partial charge is 0.228 e. The highest BCUT2D eigenvalue weighted by Crippen LogP contribution is 2.30. The normalized spacial score (nSPS) is 13.6. The van der Waals surface area contributed by atoms with Gasteiger partial charge in [0.25, 0.3) is 0 Å². The van der Waals surface area contributed by atoms with E-state index in [2.05, 4.69) is 27.3 Å². The molecule has 1 heterocycles. The van der Waals surface area contributed by atoms with Crippen molar-refractivity contribution in [2.24, 2.45) is 16.8 Å². The van der Waals surface area contributed by atoms with Gasteiger partial charge in [0.2, 0.25) is 5.91 Å². The number of anilines is 1. The highest BCUT2D eigenvalue weighted by Gasteiger charge is 2.29. The van der Waals surface area contributed by atoms with E-state index in [9.17, 15) is 4.79 Å². The summed E-state index contributed by atoms with van der Waals surface area (Å²) >= 11 is 0. The molecule has 0 aliphatic heterocycles. The van der Waals surface area contributed by atoms with Crippen LogP contribution in [0.15, 0.2) is 59.8 Å². The second-order valence-corrected chi connectivity index (χ2v) is 6.65. The summed E-state index contributed by atoms with van der Waals surface area (Å²) in [5.41, 5.74) is 8.50. The Morgan fingerprint density at radius 3 is 2.75 bits per heavy atom. The lowest BCUT2D eigenvalue weighted by Crippen LogP contribution is -2.14. The van der Waals surface area contributed by atoms with Gasteiger partial charge in [0.05, 0.1) is 5.52 Å². The van der Waals surface area contributed by atoms with Crippen LogP contribution in [0.25, 0.3) is 10.9 Å². The number of rotatable bonds is 3. The fraction of sp³-hybridized carbons (Fsp3) is 0.136. The van der Waals surface area contributed by atoms with Crippen LogP contribution < -0.4 is 11.1 Å². The van der Waals surface area contributed by atoms with Gasteiger partial charge in [-0.25, -0.2) is 4.98 Å². The van der Waals surface area contributed by atoms with Gasteiger partial charge in [0.15, 0.2) is 5.84 Å². The minimum Gasteiger partial charge on any atom is -0.409 e. The summed E-state index contributed by atoms with van der Waals surface area (Å²) in [6.45, 7) is 0. The zero-order chi connectivity index (χ0) is 19.5. The van der Waals surface area contributed by atoms with Crippen LogP contribution in [-0.2, 0) is 4.79 Å². The minimum absolute atomic E-state index is 0.00755. The number of nitrogens with two attached hydrogens (primary N) is 1. The number of carbonyl (C=O) groups is 1. The molecule has 0 atom stereocenters. The van der Waals surface area contributed by atoms with Crippen molar-refractivity contribution >= 4 is 28.5 Å². The summed E-state index contributed by atoms with van der Waals surface area (Å²) < 4.78 is 0. The first kappa shape index (κ1) is 17.6. The maximum atomic E-state index is 12.1. The molecule has 1 amide bonds. The first-order valence-electron chi connectivity index (χ1n) is 8.94. The molecule has 1 aromatic heterocycles. The van der Waals surface area contributed by atoms with Gasteiger partial charge in [0, 0.05) is 28.0 Å². The Balaban J connectivity index is 1.72. The molecule has 6 nitrogen and oxygen atoms in total. The zero-order valence-electron chi connectivity index (χ0n) is 15.0. The SMILES string of the molecule is NC(=NO)c1cccc(C#Cc2cc(NC(=O)C3CC3)nc3ccccc23)c1. The Bertz CT molecular complexity index is 1150. The van der Waals surface area contributed by atoms with Gasteiger partial charge >= 0.3 is 0 Å². The third kappa shape index (κ3) is 3.79. The molecule has 0 bridgehead atoms. The number of carbonyl (C=O) groups excluding carboxylic acids is 1. The Morgan fingerprint density at radius 1 is 1.14 bits per heavy atom. The first-order chi connectivity index (χ1) is 13.6. The lowest BCUT2D eigenvalue weighted by molar-refractivity contribution is -0.117. The molecule has 3 aromatic rings. The van der Waals surface area contributed by atoms with Crippen LogP contribution >= 0.6 is 0 Å². The second-order valence-electron chi connectivity index (χ2n) is 6.65. The topological polar surface area (TPSA) is 101 Å². The van der Waals surface area contributed by atoms with Gasteiger partial charge in [0.1, 0.15) is 5.82 Å². The third-order valence-corrected chi connectivity index (χ3v) is 4.52. The van der Waals surface area contributed by atoms with Crippen LogP contribution in [0.4, 0.5) is 5.82 Å². The van der Waals surface area contributed by atoms with E-state index >= 15 is 0 Å². The first-order valence-corrected chi connectivity index (χ1v) is 8.94. The Kier molecular flexibility index (Phi) is 4.65. The highest BCUT2D eigenvalue weighted by molar-refractivity contribution is 5.97. The van der Waals surface area contributed by atoms with Crippen LogP contribution in [0.2, 0.25) is 0 Å². The number of para-hydroxylation sites is 1. The van der Waals surface area contributed by atoms with Crippen molar-refractivity contribution in [1.29, 1.82) is 0 Å². The number of pyridine rings is 1. The maximum absolute atomic E-state index is 12.1. The molecule has 1 saturated carbocycles. The fourth-order valence-electron chi connectivity index (χ4n) is 2.87. The fourth-order valence-corrected chi connectivity index (χ4v) is 2.87. The van der Waals surface area contributed by atoms with Crippen LogP contribution in [0.1, 0.15) is 29.5 Å². The molecule has 138 valence electrons. The van der Waals surface area contributed by atoms with E-state index in [4.69, 9.17) is 10.9 Å². The molecule has 4 rings (SSSR count). The average Bonchev–Trinajstić information content (AvgIpc) is 3.57. The summed E-state index contributed by atoms with van der Waals surface area (Å²) in [4.78, 5) is 16.6. The van der Waals surface area contributed by atoms with Gasteiger partial charge < -0.3 is 16.3 Å². The summed E-state index contributed by atoms with van der Waals surface area (Å²) in [7, 11) is 0. The Morgan fingerprint density at radius 2 is 1.96 bits per heavy atom. The summed E-state index contributed by atoms with van der Waals surface area (Å²) in [6.07, 6.45) is 1.87. The maximum Gasteiger partial charge on any atom is 0.228 e. The number of fused-ring (bicyclic) bond motifs is 1. The molecule has 6 heteroatoms. The quantitative estimate of drug-likeness (QED) is 0.217. The Labute approximate surface area is 162 Å². The van der Waals surface area contributed by atoms with E-state index in [1.165, 1.54) is 0 Å². The number of amides is 1. The molecule has 0 unspecified atom stereocenters. The number of amidine groups is 1. The molecule has 0 radical (unpaired) electrons. The molecule has 2 aromatic carbocycles. The van der Waals surface area contributed by atoms with E-state index in [1.807, 2.05) is 30.3 Å². The second kappa shape index (κ2) is 7.41. The summed E-state index contributed by atoms with van der Waals surface area (Å²) in [5.74, 6) is 6.91. The van der Waals surface area contributed by atoms with Crippen molar-refractivity contribution in [2.75, 3.05) is 5.32 Å². The monoisotopic (exact) mass is 370 g/mol. The minimum atomic E-state index is 0.00755. The number of nitrogens with one attached hydrogen (secondary N) is 1. The average molecular weight is 370 g/mol. The van der Waals surface area contributed by atoms with Crippen molar-refractivity contribution in [3.8, 4) is 11.8 Å². The van der Waals surface area contributed by atoms with E-state index in [-0.39, 0.29) is 17.7 Å². The number of hydrogen-bond acceptors (Lipinski definition) is 4. The molecule has 0 saturated heterocycles. The molecule has 1 fully saturated rings. The summed E-state index contributed by atoms with van der Waals surface area (Å²) in [6, 6.07) is 16.6. The standard InChI is InChI=1S/C22H18N4O2/c23-21(26-28)17-5-3-4-14(12-17)8-9-16-13-20(25-22(27)15-10-11-15)24-19-7-2-1-6-18(16)19/h1-7,12-13,15,28H,10-11H2,(H2,23,26)(H,24,25,27). The highest BCUT2D eigenvalue weighted by atomic mass is 16.4. The summed E-state index contributed by atoms with van der Waals surface area (Å²) in [5, 5.41) is 15.6. The molecule has 4 N–H and O–H groups in total. The van der Waals surface area contributed by atoms with Gasteiger partial charge in [-0.1, -0.05) is 47.3 Å². The molecule has 1 aliphatic rings. The van der Waals surface area contributed by atoms with Crippen molar-refractivity contribution in [3.63, 3.8) is 0 Å². The number of oxime groups is 1. The number of hydrogen-bond donors (Lipinski definition) is 3. The van der Waals surface area contributed by atoms with Crippen molar-refractivity contribution < 1.29 is 10.0 Å². The van der Waals surface area contributed by atoms with E-state index < -0.39 is 0 Å². The van der Waals surface area contributed by atoms with Crippen LogP contribution in [0.5, 0.6) is 0 Å². The number of nitrogens with zero attached hydrogens (tertiary/aromatic N) is 2. The molecular weight excluding hydrogens is 352 g/mol. The number of benzene rings is 2. The predicted molar refractivity (Wildman–Crippen MR) is 108 cm³/mol. The van der Waals surface area contributed by atoms with Crippen molar-refractivity contribution in [3.05, 3.63) is 71.3 Å². The number of aromatic nitrogens is 1. The molecular formula is C22H18N4O2. The van der Waals surface area contributed by atoms with Crippen molar-refractivity contribution in [1.82, 2.24) is 4.98 Å². The predicted octanol–water partition coefficient (Wildman–Crippen LogP) is 3.08. The van der Waals surface area contributed by atoms with Gasteiger partial charge in [-0.2, -0.15) is 0 Å². The largest absolute Gasteiger partial charge is 0.409 e. The lowest BCUT2D eigenvalue weighted by atomic mass is 10.1. The molecule has 28 heavy (non-hydrogen) atoms. The van der Waals surface area contributed by atoms with Gasteiger partial charge in [-0.15, -0.1) is 0 Å². The van der Waals surface area contributed by atoms with E-state index in [0.717, 1.165) is 34.9 Å². The van der Waals surface area contributed by atoms with Crippen molar-refractivity contribution in [2.45, 2.75) is 12.8 Å². The third-order valence-electron chi connectivity index (χ3n) is 4.52. The lowest BCUT2D eigenvalue weighted by Gasteiger charge is -2.07. The van der Waals surface area contributed by atoms with Crippen LogP contribution in [0.3, 0.4) is 0 Å².